The van der Waals surface area contributed by atoms with Gasteiger partial charge in [-0.05, 0) is 36.2 Å². The number of amides is 1. The van der Waals surface area contributed by atoms with Crippen molar-refractivity contribution in [3.8, 4) is 11.8 Å². The number of nitriles is 1. The second-order valence-corrected chi connectivity index (χ2v) is 7.36. The number of ether oxygens (including phenoxy) is 1. The summed E-state index contributed by atoms with van der Waals surface area (Å²) in [5.74, 6) is 0.0493. The van der Waals surface area contributed by atoms with E-state index in [-0.39, 0.29) is 12.5 Å². The molecule has 3 aromatic rings. The van der Waals surface area contributed by atoms with E-state index in [0.29, 0.717) is 22.9 Å². The van der Waals surface area contributed by atoms with Crippen LogP contribution in [0.25, 0.3) is 0 Å². The zero-order valence-corrected chi connectivity index (χ0v) is 16.1. The van der Waals surface area contributed by atoms with Gasteiger partial charge in [0, 0.05) is 22.5 Å². The van der Waals surface area contributed by atoms with E-state index in [9.17, 15) is 4.79 Å². The predicted molar refractivity (Wildman–Crippen MR) is 106 cm³/mol. The van der Waals surface area contributed by atoms with Crippen LogP contribution in [0.5, 0.6) is 5.75 Å². The summed E-state index contributed by atoms with van der Waals surface area (Å²) in [5, 5.41) is 13.0. The Hall–Kier alpha value is -2.88. The molecule has 0 saturated heterocycles. The fraction of sp³-hybridized carbons (Fsp3) is 0.150. The van der Waals surface area contributed by atoms with Crippen LogP contribution in [0.3, 0.4) is 0 Å². The van der Waals surface area contributed by atoms with E-state index in [1.165, 1.54) is 11.3 Å². The first-order valence-electron chi connectivity index (χ1n) is 8.16. The summed E-state index contributed by atoms with van der Waals surface area (Å²) < 4.78 is 5.42. The summed E-state index contributed by atoms with van der Waals surface area (Å²) in [5.41, 5.74) is 2.51. The van der Waals surface area contributed by atoms with E-state index in [2.05, 4.69) is 10.3 Å². The van der Waals surface area contributed by atoms with Crippen LogP contribution in [0.1, 0.15) is 21.6 Å². The minimum absolute atomic E-state index is 0.193. The van der Waals surface area contributed by atoms with Gasteiger partial charge < -0.3 is 4.74 Å². The second kappa shape index (κ2) is 8.67. The fourth-order valence-corrected chi connectivity index (χ4v) is 3.44. The molecule has 0 atom stereocenters. The molecule has 0 aliphatic heterocycles. The maximum atomic E-state index is 12.1. The topological polar surface area (TPSA) is 75.0 Å². The van der Waals surface area contributed by atoms with E-state index in [4.69, 9.17) is 21.6 Å². The lowest BCUT2D eigenvalue weighted by Crippen LogP contribution is -2.20. The zero-order valence-electron chi connectivity index (χ0n) is 14.5. The SMILES string of the molecule is Cc1ccc(Cc2cnc(NC(=O)COc3ccccc3C#N)s2)cc1Cl. The third-order valence-corrected chi connectivity index (χ3v) is 5.10. The molecule has 0 fully saturated rings. The lowest BCUT2D eigenvalue weighted by molar-refractivity contribution is -0.118. The first-order chi connectivity index (χ1) is 13.0. The Labute approximate surface area is 166 Å². The molecule has 1 amide bonds. The predicted octanol–water partition coefficient (Wildman–Crippen LogP) is 4.58. The highest BCUT2D eigenvalue weighted by molar-refractivity contribution is 7.15. The largest absolute Gasteiger partial charge is 0.482 e. The fourth-order valence-electron chi connectivity index (χ4n) is 2.38. The molecule has 3 rings (SSSR count). The van der Waals surface area contributed by atoms with Crippen molar-refractivity contribution in [1.82, 2.24) is 4.98 Å². The minimum Gasteiger partial charge on any atom is -0.482 e. The van der Waals surface area contributed by atoms with Gasteiger partial charge in [-0.25, -0.2) is 4.98 Å². The number of carbonyl (C=O) groups is 1. The number of rotatable bonds is 6. The van der Waals surface area contributed by atoms with Crippen molar-refractivity contribution in [2.75, 3.05) is 11.9 Å². The minimum atomic E-state index is -0.331. The Morgan fingerprint density at radius 1 is 1.33 bits per heavy atom. The van der Waals surface area contributed by atoms with Crippen LogP contribution >= 0.6 is 22.9 Å². The molecular formula is C20H16ClN3O2S. The Balaban J connectivity index is 1.56. The quantitative estimate of drug-likeness (QED) is 0.660. The van der Waals surface area contributed by atoms with Gasteiger partial charge in [-0.3, -0.25) is 10.1 Å². The first-order valence-corrected chi connectivity index (χ1v) is 9.36. The average Bonchev–Trinajstić information content (AvgIpc) is 3.10. The molecule has 0 aliphatic carbocycles. The van der Waals surface area contributed by atoms with Gasteiger partial charge in [0.05, 0.1) is 5.56 Å². The van der Waals surface area contributed by atoms with E-state index in [0.717, 1.165) is 21.0 Å². The number of thiazole rings is 1. The van der Waals surface area contributed by atoms with Crippen molar-refractivity contribution in [3.05, 3.63) is 75.3 Å². The molecule has 0 spiro atoms. The Kier molecular flexibility index (Phi) is 6.07. The molecule has 0 unspecified atom stereocenters. The van der Waals surface area contributed by atoms with Gasteiger partial charge in [-0.15, -0.1) is 11.3 Å². The highest BCUT2D eigenvalue weighted by atomic mass is 35.5. The molecule has 0 aliphatic rings. The zero-order chi connectivity index (χ0) is 19.2. The van der Waals surface area contributed by atoms with Gasteiger partial charge in [-0.1, -0.05) is 35.9 Å². The number of para-hydroxylation sites is 1. The maximum Gasteiger partial charge on any atom is 0.264 e. The molecule has 0 bridgehead atoms. The summed E-state index contributed by atoms with van der Waals surface area (Å²) in [6, 6.07) is 14.8. The number of carbonyl (C=O) groups excluding carboxylic acids is 1. The number of hydrogen-bond acceptors (Lipinski definition) is 5. The van der Waals surface area contributed by atoms with E-state index >= 15 is 0 Å². The molecular weight excluding hydrogens is 382 g/mol. The van der Waals surface area contributed by atoms with Gasteiger partial charge in [0.25, 0.3) is 5.91 Å². The molecule has 7 heteroatoms. The van der Waals surface area contributed by atoms with Crippen molar-refractivity contribution in [3.63, 3.8) is 0 Å². The van der Waals surface area contributed by atoms with E-state index < -0.39 is 0 Å². The average molecular weight is 398 g/mol. The van der Waals surface area contributed by atoms with Crippen LogP contribution in [-0.2, 0) is 11.2 Å². The van der Waals surface area contributed by atoms with Crippen LogP contribution in [0, 0.1) is 18.3 Å². The first kappa shape index (κ1) is 18.9. The number of halogens is 1. The van der Waals surface area contributed by atoms with Crippen LogP contribution in [0.4, 0.5) is 5.13 Å². The van der Waals surface area contributed by atoms with Gasteiger partial charge >= 0.3 is 0 Å². The van der Waals surface area contributed by atoms with Crippen LogP contribution < -0.4 is 10.1 Å². The molecule has 2 aromatic carbocycles. The van der Waals surface area contributed by atoms with Gasteiger partial charge in [0.15, 0.2) is 11.7 Å². The van der Waals surface area contributed by atoms with Gasteiger partial charge in [-0.2, -0.15) is 5.26 Å². The smallest absolute Gasteiger partial charge is 0.264 e. The second-order valence-electron chi connectivity index (χ2n) is 5.84. The third-order valence-electron chi connectivity index (χ3n) is 3.78. The van der Waals surface area contributed by atoms with E-state index in [1.54, 1.807) is 30.5 Å². The van der Waals surface area contributed by atoms with Crippen molar-refractivity contribution in [1.29, 1.82) is 5.26 Å². The number of hydrogen-bond donors (Lipinski definition) is 1. The Morgan fingerprint density at radius 3 is 2.93 bits per heavy atom. The van der Waals surface area contributed by atoms with Crippen molar-refractivity contribution < 1.29 is 9.53 Å². The summed E-state index contributed by atoms with van der Waals surface area (Å²) in [6.45, 7) is 1.77. The number of aromatic nitrogens is 1. The van der Waals surface area contributed by atoms with Crippen molar-refractivity contribution >= 4 is 34.0 Å². The van der Waals surface area contributed by atoms with Gasteiger partial charge in [0.2, 0.25) is 0 Å². The lowest BCUT2D eigenvalue weighted by atomic mass is 10.1. The summed E-state index contributed by atoms with van der Waals surface area (Å²) in [4.78, 5) is 17.3. The van der Waals surface area contributed by atoms with Gasteiger partial charge in [0.1, 0.15) is 11.8 Å². The Morgan fingerprint density at radius 2 is 2.15 bits per heavy atom. The van der Waals surface area contributed by atoms with Crippen LogP contribution in [0.2, 0.25) is 5.02 Å². The molecule has 1 heterocycles. The third kappa shape index (κ3) is 5.07. The lowest BCUT2D eigenvalue weighted by Gasteiger charge is -2.06. The molecule has 5 nitrogen and oxygen atoms in total. The molecule has 1 N–H and O–H groups in total. The molecule has 27 heavy (non-hydrogen) atoms. The number of anilines is 1. The molecule has 0 saturated carbocycles. The number of nitrogens with one attached hydrogen (secondary N) is 1. The molecule has 0 radical (unpaired) electrons. The molecule has 1 aromatic heterocycles. The van der Waals surface area contributed by atoms with Crippen LogP contribution in [0.15, 0.2) is 48.7 Å². The summed E-state index contributed by atoms with van der Waals surface area (Å²) in [7, 11) is 0. The summed E-state index contributed by atoms with van der Waals surface area (Å²) >= 11 is 7.56. The number of aryl methyl sites for hydroxylation is 1. The maximum absolute atomic E-state index is 12.1. The normalized spacial score (nSPS) is 10.3. The van der Waals surface area contributed by atoms with Crippen LogP contribution in [-0.4, -0.2) is 17.5 Å². The monoisotopic (exact) mass is 397 g/mol. The summed E-state index contributed by atoms with van der Waals surface area (Å²) in [6.07, 6.45) is 2.43. The Bertz CT molecular complexity index is 1010. The van der Waals surface area contributed by atoms with Crippen molar-refractivity contribution in [2.24, 2.45) is 0 Å². The number of benzene rings is 2. The highest BCUT2D eigenvalue weighted by Crippen LogP contribution is 2.24. The standard InChI is InChI=1S/C20H16ClN3O2S/c1-13-6-7-14(9-17(13)21)8-16-11-23-20(27-16)24-19(25)12-26-18-5-3-2-4-15(18)10-22/h2-7,9,11H,8,12H2,1H3,(H,23,24,25). The number of nitrogens with zero attached hydrogens (tertiary/aromatic N) is 2. The van der Waals surface area contributed by atoms with Crippen molar-refractivity contribution in [2.45, 2.75) is 13.3 Å². The molecule has 136 valence electrons. The van der Waals surface area contributed by atoms with E-state index in [1.807, 2.05) is 31.2 Å². The highest BCUT2D eigenvalue weighted by Gasteiger charge is 2.10.